The first kappa shape index (κ1) is 13.4. The van der Waals surface area contributed by atoms with Crippen molar-refractivity contribution >= 4 is 21.6 Å². The standard InChI is InChI=1S/C9H13ClN2O3S/c1-2-7(6-13)12-16(14,15)8-4-3-5-11-9(8)10/h3-5,7,12-13H,2,6H2,1H3/t7-/m0/s1. The molecule has 90 valence electrons. The Kier molecular flexibility index (Phi) is 4.67. The number of aliphatic hydroxyl groups excluding tert-OH is 1. The number of hydrogen-bond donors (Lipinski definition) is 2. The van der Waals surface area contributed by atoms with Crippen LogP contribution in [0.1, 0.15) is 13.3 Å². The van der Waals surface area contributed by atoms with Crippen LogP contribution in [-0.2, 0) is 10.0 Å². The van der Waals surface area contributed by atoms with Gasteiger partial charge in [0, 0.05) is 12.2 Å². The number of aliphatic hydroxyl groups is 1. The van der Waals surface area contributed by atoms with Crippen LogP contribution in [0.2, 0.25) is 5.15 Å². The van der Waals surface area contributed by atoms with Crippen LogP contribution in [0.3, 0.4) is 0 Å². The van der Waals surface area contributed by atoms with Crippen LogP contribution in [0.5, 0.6) is 0 Å². The molecular formula is C9H13ClN2O3S. The van der Waals surface area contributed by atoms with Crippen LogP contribution < -0.4 is 4.72 Å². The molecular weight excluding hydrogens is 252 g/mol. The van der Waals surface area contributed by atoms with E-state index in [0.717, 1.165) is 0 Å². The second-order valence-corrected chi connectivity index (χ2v) is 5.24. The van der Waals surface area contributed by atoms with Gasteiger partial charge in [0.1, 0.15) is 10.0 Å². The number of nitrogens with one attached hydrogen (secondary N) is 1. The summed E-state index contributed by atoms with van der Waals surface area (Å²) in [4.78, 5) is 3.61. The monoisotopic (exact) mass is 264 g/mol. The van der Waals surface area contributed by atoms with Crippen molar-refractivity contribution in [3.63, 3.8) is 0 Å². The van der Waals surface area contributed by atoms with E-state index >= 15 is 0 Å². The lowest BCUT2D eigenvalue weighted by Crippen LogP contribution is -2.37. The first-order valence-electron chi connectivity index (χ1n) is 4.75. The average Bonchev–Trinajstić information content (AvgIpc) is 2.26. The Labute approximate surface area is 99.5 Å². The highest BCUT2D eigenvalue weighted by molar-refractivity contribution is 7.89. The molecule has 0 aromatic carbocycles. The summed E-state index contributed by atoms with van der Waals surface area (Å²) in [7, 11) is -3.72. The second kappa shape index (κ2) is 5.58. The molecule has 0 bridgehead atoms. The molecule has 0 saturated carbocycles. The third-order valence-corrected chi connectivity index (χ3v) is 4.01. The summed E-state index contributed by atoms with van der Waals surface area (Å²) in [6.07, 6.45) is 1.90. The minimum absolute atomic E-state index is 0.0800. The van der Waals surface area contributed by atoms with E-state index in [1.807, 2.05) is 0 Å². The molecule has 5 nitrogen and oxygen atoms in total. The first-order valence-corrected chi connectivity index (χ1v) is 6.61. The van der Waals surface area contributed by atoms with Crippen molar-refractivity contribution in [2.24, 2.45) is 0 Å². The van der Waals surface area contributed by atoms with Gasteiger partial charge in [0.05, 0.1) is 6.61 Å². The van der Waals surface area contributed by atoms with Crippen LogP contribution in [0.25, 0.3) is 0 Å². The summed E-state index contributed by atoms with van der Waals surface area (Å²) in [6.45, 7) is 1.52. The molecule has 0 unspecified atom stereocenters. The zero-order chi connectivity index (χ0) is 12.2. The zero-order valence-corrected chi connectivity index (χ0v) is 10.3. The third kappa shape index (κ3) is 3.15. The molecule has 0 fully saturated rings. The number of aromatic nitrogens is 1. The number of hydrogen-bond acceptors (Lipinski definition) is 4. The Morgan fingerprint density at radius 3 is 2.81 bits per heavy atom. The molecule has 1 aromatic rings. The number of nitrogens with zero attached hydrogens (tertiary/aromatic N) is 1. The second-order valence-electron chi connectivity index (χ2n) is 3.20. The Morgan fingerprint density at radius 1 is 1.62 bits per heavy atom. The lowest BCUT2D eigenvalue weighted by atomic mass is 10.3. The van der Waals surface area contributed by atoms with Crippen molar-refractivity contribution in [1.82, 2.24) is 9.71 Å². The number of pyridine rings is 1. The molecule has 0 amide bonds. The van der Waals surface area contributed by atoms with Crippen LogP contribution in [0.4, 0.5) is 0 Å². The van der Waals surface area contributed by atoms with Gasteiger partial charge in [-0.2, -0.15) is 0 Å². The van der Waals surface area contributed by atoms with Gasteiger partial charge in [0.25, 0.3) is 0 Å². The molecule has 1 heterocycles. The van der Waals surface area contributed by atoms with Crippen molar-refractivity contribution in [2.45, 2.75) is 24.3 Å². The van der Waals surface area contributed by atoms with Crippen molar-refractivity contribution in [2.75, 3.05) is 6.61 Å². The highest BCUT2D eigenvalue weighted by Crippen LogP contribution is 2.17. The molecule has 1 rings (SSSR count). The molecule has 0 aliphatic carbocycles. The number of rotatable bonds is 5. The van der Waals surface area contributed by atoms with E-state index in [4.69, 9.17) is 16.7 Å². The van der Waals surface area contributed by atoms with Gasteiger partial charge in [-0.3, -0.25) is 0 Å². The summed E-state index contributed by atoms with van der Waals surface area (Å²) in [5, 5.41) is 8.85. The van der Waals surface area contributed by atoms with E-state index < -0.39 is 16.1 Å². The predicted octanol–water partition coefficient (Wildman–Crippen LogP) is 0.784. The molecule has 0 radical (unpaired) electrons. The lowest BCUT2D eigenvalue weighted by Gasteiger charge is -2.14. The number of sulfonamides is 1. The van der Waals surface area contributed by atoms with E-state index in [-0.39, 0.29) is 16.7 Å². The maximum Gasteiger partial charge on any atom is 0.243 e. The summed E-state index contributed by atoms with van der Waals surface area (Å²) < 4.78 is 26.0. The number of halogens is 1. The highest BCUT2D eigenvalue weighted by Gasteiger charge is 2.21. The summed E-state index contributed by atoms with van der Waals surface area (Å²) in [6, 6.07) is 2.34. The molecule has 0 aliphatic heterocycles. The average molecular weight is 265 g/mol. The topological polar surface area (TPSA) is 79.3 Å². The summed E-state index contributed by atoms with van der Waals surface area (Å²) in [5.41, 5.74) is 0. The first-order chi connectivity index (χ1) is 7.51. The van der Waals surface area contributed by atoms with E-state index in [1.165, 1.54) is 18.3 Å². The maximum atomic E-state index is 11.8. The van der Waals surface area contributed by atoms with Crippen molar-refractivity contribution < 1.29 is 13.5 Å². The van der Waals surface area contributed by atoms with Crippen LogP contribution in [-0.4, -0.2) is 31.2 Å². The Hall–Kier alpha value is -0.690. The Bertz CT molecular complexity index is 446. The fourth-order valence-electron chi connectivity index (χ4n) is 1.10. The van der Waals surface area contributed by atoms with E-state index in [1.54, 1.807) is 6.92 Å². The largest absolute Gasteiger partial charge is 0.395 e. The molecule has 0 aliphatic rings. The zero-order valence-electron chi connectivity index (χ0n) is 8.72. The van der Waals surface area contributed by atoms with Crippen LogP contribution in [0.15, 0.2) is 23.2 Å². The summed E-state index contributed by atoms with van der Waals surface area (Å²) >= 11 is 5.69. The maximum absolute atomic E-state index is 11.8. The van der Waals surface area contributed by atoms with Crippen molar-refractivity contribution in [3.8, 4) is 0 Å². The molecule has 0 saturated heterocycles. The minimum Gasteiger partial charge on any atom is -0.395 e. The predicted molar refractivity (Wildman–Crippen MR) is 60.7 cm³/mol. The van der Waals surface area contributed by atoms with Gasteiger partial charge in [-0.15, -0.1) is 0 Å². The van der Waals surface area contributed by atoms with Gasteiger partial charge >= 0.3 is 0 Å². The summed E-state index contributed by atoms with van der Waals surface area (Å²) in [5.74, 6) is 0. The SMILES string of the molecule is CC[C@@H](CO)NS(=O)(=O)c1cccnc1Cl. The van der Waals surface area contributed by atoms with Gasteiger partial charge in [0.15, 0.2) is 0 Å². The highest BCUT2D eigenvalue weighted by atomic mass is 35.5. The fraction of sp³-hybridized carbons (Fsp3) is 0.444. The normalized spacial score (nSPS) is 13.7. The van der Waals surface area contributed by atoms with Crippen molar-refractivity contribution in [3.05, 3.63) is 23.5 Å². The van der Waals surface area contributed by atoms with E-state index in [9.17, 15) is 8.42 Å². The van der Waals surface area contributed by atoms with Crippen LogP contribution >= 0.6 is 11.6 Å². The van der Waals surface area contributed by atoms with Crippen LogP contribution in [0, 0.1) is 0 Å². The molecule has 1 atom stereocenters. The quantitative estimate of drug-likeness (QED) is 0.771. The molecule has 0 spiro atoms. The molecule has 1 aromatic heterocycles. The Morgan fingerprint density at radius 2 is 2.31 bits per heavy atom. The van der Waals surface area contributed by atoms with Gasteiger partial charge < -0.3 is 5.11 Å². The molecule has 2 N–H and O–H groups in total. The van der Waals surface area contributed by atoms with Gasteiger partial charge in [-0.1, -0.05) is 18.5 Å². The fourth-order valence-corrected chi connectivity index (χ4v) is 2.87. The Balaban J connectivity index is 2.99. The van der Waals surface area contributed by atoms with Gasteiger partial charge in [-0.05, 0) is 18.6 Å². The van der Waals surface area contributed by atoms with E-state index in [2.05, 4.69) is 9.71 Å². The molecule has 7 heteroatoms. The minimum atomic E-state index is -3.72. The third-order valence-electron chi connectivity index (χ3n) is 2.05. The van der Waals surface area contributed by atoms with Crippen molar-refractivity contribution in [1.29, 1.82) is 0 Å². The lowest BCUT2D eigenvalue weighted by molar-refractivity contribution is 0.254. The smallest absolute Gasteiger partial charge is 0.243 e. The molecule has 16 heavy (non-hydrogen) atoms. The van der Waals surface area contributed by atoms with E-state index in [0.29, 0.717) is 6.42 Å². The van der Waals surface area contributed by atoms with Gasteiger partial charge in [-0.25, -0.2) is 18.1 Å². The van der Waals surface area contributed by atoms with Gasteiger partial charge in [0.2, 0.25) is 10.0 Å².